The van der Waals surface area contributed by atoms with Crippen LogP contribution in [0.5, 0.6) is 0 Å². The third kappa shape index (κ3) is 5.60. The third-order valence-corrected chi connectivity index (χ3v) is 8.05. The summed E-state index contributed by atoms with van der Waals surface area (Å²) < 4.78 is 30.0. The minimum Gasteiger partial charge on any atom is -0.316 e. The van der Waals surface area contributed by atoms with Crippen LogP contribution in [0.1, 0.15) is 22.5 Å². The topological polar surface area (TPSA) is 83.8 Å². The van der Waals surface area contributed by atoms with E-state index < -0.39 is 22.5 Å². The summed E-state index contributed by atoms with van der Waals surface area (Å²) in [5, 5.41) is 4.73. The molecule has 1 N–H and O–H groups in total. The summed E-state index contributed by atoms with van der Waals surface area (Å²) in [7, 11) is -3.99. The summed E-state index contributed by atoms with van der Waals surface area (Å²) >= 11 is 6.38. The second-order valence-corrected chi connectivity index (χ2v) is 10.8. The number of para-hydroxylation sites is 2. The lowest BCUT2D eigenvalue weighted by atomic mass is 10.2. The molecule has 37 heavy (non-hydrogen) atoms. The van der Waals surface area contributed by atoms with Crippen molar-refractivity contribution >= 4 is 39.4 Å². The summed E-state index contributed by atoms with van der Waals surface area (Å²) in [6.45, 7) is 5.26. The number of nitrogens with one attached hydrogen (secondary N) is 1. The van der Waals surface area contributed by atoms with E-state index in [1.165, 1.54) is 18.3 Å². The van der Waals surface area contributed by atoms with Crippen LogP contribution in [0.4, 0.5) is 5.69 Å². The minimum absolute atomic E-state index is 0.0987. The first kappa shape index (κ1) is 26.2. The number of rotatable bonds is 8. The van der Waals surface area contributed by atoms with E-state index in [-0.39, 0.29) is 4.90 Å². The van der Waals surface area contributed by atoms with Crippen molar-refractivity contribution in [1.82, 2.24) is 9.99 Å². The highest BCUT2D eigenvalue weighted by Gasteiger charge is 2.28. The van der Waals surface area contributed by atoms with Crippen LogP contribution in [0, 0.1) is 20.8 Å². The molecule has 0 fully saturated rings. The second-order valence-electron chi connectivity index (χ2n) is 8.52. The summed E-state index contributed by atoms with van der Waals surface area (Å²) in [4.78, 5) is 13.0. The predicted octanol–water partition coefficient (Wildman–Crippen LogP) is 5.40. The summed E-state index contributed by atoms with van der Waals surface area (Å²) in [5.74, 6) is -0.570. The maximum atomic E-state index is 13.5. The van der Waals surface area contributed by atoms with Crippen molar-refractivity contribution in [3.8, 4) is 5.69 Å². The van der Waals surface area contributed by atoms with Crippen LogP contribution in [0.25, 0.3) is 5.69 Å². The summed E-state index contributed by atoms with van der Waals surface area (Å²) in [6.07, 6.45) is 1.54. The Labute approximate surface area is 222 Å². The van der Waals surface area contributed by atoms with Crippen molar-refractivity contribution in [2.45, 2.75) is 25.7 Å². The van der Waals surface area contributed by atoms with E-state index in [2.05, 4.69) is 10.5 Å². The number of carbonyl (C=O) groups is 1. The Morgan fingerprint density at radius 1 is 0.973 bits per heavy atom. The maximum absolute atomic E-state index is 13.5. The molecule has 0 saturated carbocycles. The van der Waals surface area contributed by atoms with Gasteiger partial charge in [-0.2, -0.15) is 5.10 Å². The Balaban J connectivity index is 1.56. The molecule has 1 aromatic heterocycles. The molecule has 0 aliphatic carbocycles. The molecule has 0 radical (unpaired) electrons. The molecular weight excluding hydrogens is 508 g/mol. The normalized spacial score (nSPS) is 11.6. The summed E-state index contributed by atoms with van der Waals surface area (Å²) in [6, 6.07) is 24.5. The van der Waals surface area contributed by atoms with Gasteiger partial charge in [-0.05, 0) is 62.7 Å². The van der Waals surface area contributed by atoms with Crippen molar-refractivity contribution in [2.24, 2.45) is 5.10 Å². The number of hydrazone groups is 1. The molecule has 0 bridgehead atoms. The average Bonchev–Trinajstić information content (AvgIpc) is 3.16. The highest BCUT2D eigenvalue weighted by molar-refractivity contribution is 7.92. The smallest absolute Gasteiger partial charge is 0.264 e. The monoisotopic (exact) mass is 534 g/mol. The van der Waals surface area contributed by atoms with Crippen LogP contribution in [-0.2, 0) is 14.8 Å². The molecule has 190 valence electrons. The molecule has 9 heteroatoms. The van der Waals surface area contributed by atoms with E-state index in [1.54, 1.807) is 43.3 Å². The van der Waals surface area contributed by atoms with Crippen molar-refractivity contribution in [2.75, 3.05) is 10.8 Å². The Morgan fingerprint density at radius 3 is 2.32 bits per heavy atom. The Morgan fingerprint density at radius 2 is 1.62 bits per heavy atom. The molecule has 4 aromatic rings. The lowest BCUT2D eigenvalue weighted by molar-refractivity contribution is -0.119. The van der Waals surface area contributed by atoms with E-state index in [0.717, 1.165) is 32.5 Å². The van der Waals surface area contributed by atoms with Crippen molar-refractivity contribution in [1.29, 1.82) is 0 Å². The van der Waals surface area contributed by atoms with E-state index in [1.807, 2.05) is 54.8 Å². The van der Waals surface area contributed by atoms with Gasteiger partial charge in [0.1, 0.15) is 6.54 Å². The molecule has 0 saturated heterocycles. The quantitative estimate of drug-likeness (QED) is 0.242. The predicted molar refractivity (Wildman–Crippen MR) is 148 cm³/mol. The molecule has 0 aliphatic rings. The van der Waals surface area contributed by atoms with Crippen molar-refractivity contribution < 1.29 is 13.2 Å². The lowest BCUT2D eigenvalue weighted by Crippen LogP contribution is -2.40. The fourth-order valence-electron chi connectivity index (χ4n) is 4.12. The Kier molecular flexibility index (Phi) is 7.80. The zero-order chi connectivity index (χ0) is 26.6. The van der Waals surface area contributed by atoms with Gasteiger partial charge in [0.2, 0.25) is 0 Å². The zero-order valence-electron chi connectivity index (χ0n) is 20.7. The number of amides is 1. The molecule has 0 aliphatic heterocycles. The summed E-state index contributed by atoms with van der Waals surface area (Å²) in [5.41, 5.74) is 7.13. The van der Waals surface area contributed by atoms with Crippen molar-refractivity contribution in [3.63, 3.8) is 0 Å². The first-order valence-corrected chi connectivity index (χ1v) is 13.4. The molecular formula is C28H27ClN4O3S. The molecule has 7 nitrogen and oxygen atoms in total. The molecule has 4 rings (SSSR count). The number of nitrogens with zero attached hydrogens (tertiary/aromatic N) is 3. The van der Waals surface area contributed by atoms with E-state index in [9.17, 15) is 13.2 Å². The van der Waals surface area contributed by atoms with Gasteiger partial charge in [-0.1, -0.05) is 60.1 Å². The van der Waals surface area contributed by atoms with Crippen LogP contribution in [0.2, 0.25) is 5.02 Å². The van der Waals surface area contributed by atoms with Crippen LogP contribution in [0.15, 0.2) is 94.9 Å². The number of hydrogen-bond donors (Lipinski definition) is 1. The molecule has 1 heterocycles. The van der Waals surface area contributed by atoms with Gasteiger partial charge in [-0.15, -0.1) is 0 Å². The highest BCUT2D eigenvalue weighted by Crippen LogP contribution is 2.27. The average molecular weight is 535 g/mol. The first-order chi connectivity index (χ1) is 17.7. The molecule has 0 unspecified atom stereocenters. The standard InChI is InChI=1S/C28H27ClN4O3S/c1-20-11-7-9-15-26(20)32(37(35,36)24-12-5-4-6-13-24)19-28(34)31-30-18-23-17-21(2)33(22(23)3)27-16-10-8-14-25(27)29/h4-18H,19H2,1-3H3,(H,31,34)/b30-18+. The van der Waals surface area contributed by atoms with E-state index in [0.29, 0.717) is 10.7 Å². The fourth-order valence-corrected chi connectivity index (χ4v) is 5.85. The third-order valence-electron chi connectivity index (χ3n) is 5.96. The number of anilines is 1. The van der Waals surface area contributed by atoms with Crippen LogP contribution >= 0.6 is 11.6 Å². The number of aromatic nitrogens is 1. The zero-order valence-corrected chi connectivity index (χ0v) is 22.3. The second kappa shape index (κ2) is 11.0. The van der Waals surface area contributed by atoms with Crippen LogP contribution in [0.3, 0.4) is 0 Å². The maximum Gasteiger partial charge on any atom is 0.264 e. The van der Waals surface area contributed by atoms with Gasteiger partial charge < -0.3 is 4.57 Å². The highest BCUT2D eigenvalue weighted by atomic mass is 35.5. The number of halogens is 1. The van der Waals surface area contributed by atoms with Crippen molar-refractivity contribution in [3.05, 3.63) is 112 Å². The SMILES string of the molecule is Cc1ccccc1N(CC(=O)N/N=C/c1cc(C)n(-c2ccccc2Cl)c1C)S(=O)(=O)c1ccccc1. The van der Waals surface area contributed by atoms with Crippen LogP contribution in [-0.4, -0.2) is 31.7 Å². The van der Waals surface area contributed by atoms with E-state index >= 15 is 0 Å². The number of sulfonamides is 1. The largest absolute Gasteiger partial charge is 0.316 e. The van der Waals surface area contributed by atoms with Gasteiger partial charge in [0.25, 0.3) is 15.9 Å². The number of aryl methyl sites for hydroxylation is 2. The Bertz CT molecular complexity index is 1560. The minimum atomic E-state index is -3.99. The van der Waals surface area contributed by atoms with Crippen LogP contribution < -0.4 is 9.73 Å². The Hall–Kier alpha value is -3.88. The van der Waals surface area contributed by atoms with E-state index in [4.69, 9.17) is 11.6 Å². The molecule has 3 aromatic carbocycles. The van der Waals surface area contributed by atoms with Gasteiger partial charge in [0, 0.05) is 17.0 Å². The number of benzene rings is 3. The molecule has 0 atom stereocenters. The first-order valence-electron chi connectivity index (χ1n) is 11.6. The van der Waals surface area contributed by atoms with Gasteiger partial charge in [-0.3, -0.25) is 9.10 Å². The van der Waals surface area contributed by atoms with Gasteiger partial charge in [-0.25, -0.2) is 13.8 Å². The molecule has 1 amide bonds. The van der Waals surface area contributed by atoms with Gasteiger partial charge in [0.05, 0.1) is 27.5 Å². The number of carbonyl (C=O) groups excluding carboxylic acids is 1. The number of hydrogen-bond acceptors (Lipinski definition) is 4. The molecule has 0 spiro atoms. The van der Waals surface area contributed by atoms with Gasteiger partial charge in [0.15, 0.2) is 0 Å². The fraction of sp³-hybridized carbons (Fsp3) is 0.143. The lowest BCUT2D eigenvalue weighted by Gasteiger charge is -2.25. The van der Waals surface area contributed by atoms with Gasteiger partial charge >= 0.3 is 0 Å².